The largest absolute Gasteiger partial charge is 0.478 e. The zero-order chi connectivity index (χ0) is 13.7. The van der Waals surface area contributed by atoms with Crippen molar-refractivity contribution in [3.8, 4) is 0 Å². The van der Waals surface area contributed by atoms with Crippen molar-refractivity contribution in [3.63, 3.8) is 0 Å². The number of hydrogen-bond acceptors (Lipinski definition) is 4. The van der Waals surface area contributed by atoms with Gasteiger partial charge in [-0.1, -0.05) is 11.6 Å². The SMILES string of the molecule is CC(=O)NCCNc1c(Cl)cc(N)cc1C(=O)O. The molecule has 0 heterocycles. The molecule has 5 N–H and O–H groups in total. The van der Waals surface area contributed by atoms with E-state index >= 15 is 0 Å². The molecule has 0 spiro atoms. The molecule has 0 aliphatic carbocycles. The minimum absolute atomic E-state index is 0.00262. The van der Waals surface area contributed by atoms with Crippen molar-refractivity contribution < 1.29 is 14.7 Å². The average Bonchev–Trinajstić information content (AvgIpc) is 2.25. The number of nitrogen functional groups attached to an aromatic ring is 1. The molecule has 0 atom stereocenters. The van der Waals surface area contributed by atoms with Crippen LogP contribution in [0.15, 0.2) is 12.1 Å². The standard InChI is InChI=1S/C11H14ClN3O3/c1-6(16)14-2-3-15-10-8(11(17)18)4-7(13)5-9(10)12/h4-5,15H,2-3,13H2,1H3,(H,14,16)(H,17,18). The highest BCUT2D eigenvalue weighted by Crippen LogP contribution is 2.29. The van der Waals surface area contributed by atoms with E-state index in [4.69, 9.17) is 22.4 Å². The number of carboxylic acids is 1. The van der Waals surface area contributed by atoms with Crippen molar-refractivity contribution in [2.75, 3.05) is 24.1 Å². The van der Waals surface area contributed by atoms with E-state index in [2.05, 4.69) is 10.6 Å². The van der Waals surface area contributed by atoms with Gasteiger partial charge in [-0.15, -0.1) is 0 Å². The first-order valence-electron chi connectivity index (χ1n) is 5.22. The number of nitrogens with two attached hydrogens (primary N) is 1. The summed E-state index contributed by atoms with van der Waals surface area (Å²) in [4.78, 5) is 21.7. The molecule has 1 rings (SSSR count). The van der Waals surface area contributed by atoms with Gasteiger partial charge in [0.1, 0.15) is 0 Å². The maximum Gasteiger partial charge on any atom is 0.337 e. The van der Waals surface area contributed by atoms with Gasteiger partial charge in [0, 0.05) is 25.7 Å². The Kier molecular flexibility index (Phi) is 4.79. The molecule has 1 aromatic rings. The summed E-state index contributed by atoms with van der Waals surface area (Å²) in [5, 5.41) is 14.7. The summed E-state index contributed by atoms with van der Waals surface area (Å²) in [5.41, 5.74) is 6.11. The summed E-state index contributed by atoms with van der Waals surface area (Å²) in [5.74, 6) is -1.27. The second-order valence-corrected chi connectivity index (χ2v) is 4.05. The zero-order valence-corrected chi connectivity index (χ0v) is 10.5. The van der Waals surface area contributed by atoms with Crippen molar-refractivity contribution in [3.05, 3.63) is 22.7 Å². The average molecular weight is 272 g/mol. The van der Waals surface area contributed by atoms with Gasteiger partial charge in [-0.05, 0) is 12.1 Å². The van der Waals surface area contributed by atoms with Gasteiger partial charge in [-0.3, -0.25) is 4.79 Å². The number of amides is 1. The fourth-order valence-electron chi connectivity index (χ4n) is 1.40. The highest BCUT2D eigenvalue weighted by Gasteiger charge is 2.14. The van der Waals surface area contributed by atoms with Crippen molar-refractivity contribution in [1.29, 1.82) is 0 Å². The number of benzene rings is 1. The van der Waals surface area contributed by atoms with Gasteiger partial charge in [-0.25, -0.2) is 4.79 Å². The van der Waals surface area contributed by atoms with E-state index in [9.17, 15) is 9.59 Å². The third kappa shape index (κ3) is 3.81. The molecule has 0 aliphatic rings. The maximum atomic E-state index is 11.0. The van der Waals surface area contributed by atoms with Gasteiger partial charge in [0.2, 0.25) is 5.91 Å². The van der Waals surface area contributed by atoms with Crippen LogP contribution < -0.4 is 16.4 Å². The van der Waals surface area contributed by atoms with E-state index in [0.29, 0.717) is 18.8 Å². The Morgan fingerprint density at radius 2 is 2.06 bits per heavy atom. The van der Waals surface area contributed by atoms with Crippen molar-refractivity contribution in [1.82, 2.24) is 5.32 Å². The van der Waals surface area contributed by atoms with Gasteiger partial charge in [0.15, 0.2) is 0 Å². The Morgan fingerprint density at radius 1 is 1.39 bits per heavy atom. The van der Waals surface area contributed by atoms with Crippen LogP contribution in [-0.4, -0.2) is 30.1 Å². The summed E-state index contributed by atoms with van der Waals surface area (Å²) in [6.45, 7) is 2.14. The number of carboxylic acid groups (broad SMARTS) is 1. The Labute approximate surface area is 109 Å². The predicted octanol–water partition coefficient (Wildman–Crippen LogP) is 1.17. The number of rotatable bonds is 5. The first-order chi connectivity index (χ1) is 8.41. The van der Waals surface area contributed by atoms with E-state index in [1.54, 1.807) is 0 Å². The molecule has 98 valence electrons. The Balaban J connectivity index is 2.80. The van der Waals surface area contributed by atoms with Gasteiger partial charge in [-0.2, -0.15) is 0 Å². The molecular weight excluding hydrogens is 258 g/mol. The molecule has 0 radical (unpaired) electrons. The molecule has 0 aromatic heterocycles. The quantitative estimate of drug-likeness (QED) is 0.475. The number of carbonyl (C=O) groups is 2. The molecule has 1 aromatic carbocycles. The van der Waals surface area contributed by atoms with Gasteiger partial charge in [0.25, 0.3) is 0 Å². The molecule has 0 unspecified atom stereocenters. The minimum Gasteiger partial charge on any atom is -0.478 e. The molecule has 18 heavy (non-hydrogen) atoms. The lowest BCUT2D eigenvalue weighted by molar-refractivity contribution is -0.118. The lowest BCUT2D eigenvalue weighted by atomic mass is 10.1. The van der Waals surface area contributed by atoms with Crippen LogP contribution in [0, 0.1) is 0 Å². The smallest absolute Gasteiger partial charge is 0.337 e. The normalized spacial score (nSPS) is 9.89. The molecule has 0 saturated carbocycles. The van der Waals surface area contributed by atoms with E-state index < -0.39 is 5.97 Å². The van der Waals surface area contributed by atoms with Crippen LogP contribution >= 0.6 is 11.6 Å². The van der Waals surface area contributed by atoms with Gasteiger partial charge >= 0.3 is 5.97 Å². The minimum atomic E-state index is -1.12. The van der Waals surface area contributed by atoms with Gasteiger partial charge in [0.05, 0.1) is 16.3 Å². The molecule has 0 fully saturated rings. The Hall–Kier alpha value is -1.95. The molecular formula is C11H14ClN3O3. The number of aromatic carboxylic acids is 1. The lowest BCUT2D eigenvalue weighted by Crippen LogP contribution is -2.26. The molecule has 0 aliphatic heterocycles. The van der Waals surface area contributed by atoms with Crippen LogP contribution in [0.3, 0.4) is 0 Å². The summed E-state index contributed by atoms with van der Waals surface area (Å²) < 4.78 is 0. The monoisotopic (exact) mass is 271 g/mol. The number of carbonyl (C=O) groups excluding carboxylic acids is 1. The number of anilines is 2. The lowest BCUT2D eigenvalue weighted by Gasteiger charge is -2.12. The van der Waals surface area contributed by atoms with E-state index in [1.807, 2.05) is 0 Å². The van der Waals surface area contributed by atoms with Crippen LogP contribution in [0.1, 0.15) is 17.3 Å². The molecule has 0 saturated heterocycles. The topological polar surface area (TPSA) is 104 Å². The van der Waals surface area contributed by atoms with Crippen LogP contribution in [0.25, 0.3) is 0 Å². The summed E-state index contributed by atoms with van der Waals surface area (Å²) in [7, 11) is 0. The Morgan fingerprint density at radius 3 is 2.61 bits per heavy atom. The fraction of sp³-hybridized carbons (Fsp3) is 0.273. The van der Waals surface area contributed by atoms with Crippen molar-refractivity contribution in [2.24, 2.45) is 0 Å². The highest BCUT2D eigenvalue weighted by molar-refractivity contribution is 6.34. The van der Waals surface area contributed by atoms with E-state index in [0.717, 1.165) is 0 Å². The molecule has 6 nitrogen and oxygen atoms in total. The maximum absolute atomic E-state index is 11.0. The molecule has 1 amide bonds. The predicted molar refractivity (Wildman–Crippen MR) is 70.0 cm³/mol. The van der Waals surface area contributed by atoms with E-state index in [1.165, 1.54) is 19.1 Å². The highest BCUT2D eigenvalue weighted by atomic mass is 35.5. The third-order valence-corrected chi connectivity index (χ3v) is 2.44. The van der Waals surface area contributed by atoms with Crippen LogP contribution in [0.4, 0.5) is 11.4 Å². The zero-order valence-electron chi connectivity index (χ0n) is 9.79. The van der Waals surface area contributed by atoms with E-state index in [-0.39, 0.29) is 22.2 Å². The third-order valence-electron chi connectivity index (χ3n) is 2.14. The van der Waals surface area contributed by atoms with Crippen molar-refractivity contribution >= 4 is 34.9 Å². The number of halogens is 1. The second-order valence-electron chi connectivity index (χ2n) is 3.64. The van der Waals surface area contributed by atoms with Crippen molar-refractivity contribution in [2.45, 2.75) is 6.92 Å². The number of hydrogen-bond donors (Lipinski definition) is 4. The fourth-order valence-corrected chi connectivity index (χ4v) is 1.70. The summed E-state index contributed by atoms with van der Waals surface area (Å²) in [6.07, 6.45) is 0. The van der Waals surface area contributed by atoms with Crippen LogP contribution in [-0.2, 0) is 4.79 Å². The van der Waals surface area contributed by atoms with Crippen LogP contribution in [0.5, 0.6) is 0 Å². The summed E-state index contributed by atoms with van der Waals surface area (Å²) in [6, 6.07) is 2.80. The van der Waals surface area contributed by atoms with Crippen LogP contribution in [0.2, 0.25) is 5.02 Å². The number of nitrogens with one attached hydrogen (secondary N) is 2. The first kappa shape index (κ1) is 14.1. The Bertz CT molecular complexity index is 477. The second kappa shape index (κ2) is 6.11. The summed E-state index contributed by atoms with van der Waals surface area (Å²) >= 11 is 5.93. The molecule has 0 bridgehead atoms. The first-order valence-corrected chi connectivity index (χ1v) is 5.60. The molecule has 7 heteroatoms. The van der Waals surface area contributed by atoms with Gasteiger partial charge < -0.3 is 21.5 Å².